The van der Waals surface area contributed by atoms with E-state index in [1.54, 1.807) is 37.6 Å². The number of sulfonamides is 1. The molecule has 1 N–H and O–H groups in total. The van der Waals surface area contributed by atoms with Crippen LogP contribution in [0.1, 0.15) is 0 Å². The van der Waals surface area contributed by atoms with Crippen molar-refractivity contribution in [3.63, 3.8) is 0 Å². The van der Waals surface area contributed by atoms with E-state index in [1.165, 1.54) is 18.3 Å². The Bertz CT molecular complexity index is 1300. The first-order valence-electron chi connectivity index (χ1n) is 8.51. The van der Waals surface area contributed by atoms with E-state index >= 15 is 0 Å². The molecule has 2 aromatic heterocycles. The monoisotopic (exact) mass is 426 g/mol. The maximum Gasteiger partial charge on any atom is 0.261 e. The van der Waals surface area contributed by atoms with Gasteiger partial charge in [0.1, 0.15) is 5.75 Å². The predicted molar refractivity (Wildman–Crippen MR) is 112 cm³/mol. The third kappa shape index (κ3) is 3.85. The smallest absolute Gasteiger partial charge is 0.261 e. The fourth-order valence-corrected chi connectivity index (χ4v) is 4.14. The lowest BCUT2D eigenvalue weighted by Gasteiger charge is -2.11. The Morgan fingerprint density at radius 1 is 1.00 bits per heavy atom. The standard InChI is InChI=1S/C20H15ClN4O3S/c1-28-19-12-23-24-17-8-7-13(9-16(17)19)14-10-18(20(21)22-11-14)25-29(26,27)15-5-3-2-4-6-15/h2-12,25H,1H3. The van der Waals surface area contributed by atoms with E-state index in [1.807, 2.05) is 18.2 Å². The summed E-state index contributed by atoms with van der Waals surface area (Å²) in [6, 6.07) is 15.2. The van der Waals surface area contributed by atoms with E-state index in [0.29, 0.717) is 16.8 Å². The lowest BCUT2D eigenvalue weighted by Crippen LogP contribution is -2.13. The number of pyridine rings is 1. The minimum atomic E-state index is -3.79. The summed E-state index contributed by atoms with van der Waals surface area (Å²) in [6.45, 7) is 0. The van der Waals surface area contributed by atoms with Crippen LogP contribution in [0.15, 0.2) is 71.9 Å². The van der Waals surface area contributed by atoms with E-state index in [2.05, 4.69) is 19.9 Å². The Morgan fingerprint density at radius 3 is 2.55 bits per heavy atom. The van der Waals surface area contributed by atoms with Crippen molar-refractivity contribution in [1.29, 1.82) is 0 Å². The van der Waals surface area contributed by atoms with Crippen molar-refractivity contribution in [2.45, 2.75) is 4.90 Å². The minimum Gasteiger partial charge on any atom is -0.494 e. The number of anilines is 1. The van der Waals surface area contributed by atoms with Crippen LogP contribution in [-0.2, 0) is 10.0 Å². The summed E-state index contributed by atoms with van der Waals surface area (Å²) in [5, 5.41) is 8.81. The Labute approximate surface area is 172 Å². The van der Waals surface area contributed by atoms with E-state index in [4.69, 9.17) is 16.3 Å². The van der Waals surface area contributed by atoms with Gasteiger partial charge in [-0.15, -0.1) is 0 Å². The van der Waals surface area contributed by atoms with Crippen molar-refractivity contribution in [3.8, 4) is 16.9 Å². The van der Waals surface area contributed by atoms with Crippen molar-refractivity contribution in [2.24, 2.45) is 0 Å². The third-order valence-electron chi connectivity index (χ3n) is 4.29. The number of aromatic nitrogens is 3. The molecule has 2 aromatic carbocycles. The highest BCUT2D eigenvalue weighted by atomic mass is 35.5. The van der Waals surface area contributed by atoms with Gasteiger partial charge in [0, 0.05) is 17.1 Å². The molecular formula is C20H15ClN4O3S. The number of hydrogen-bond donors (Lipinski definition) is 1. The molecule has 0 radical (unpaired) electrons. The first-order valence-corrected chi connectivity index (χ1v) is 10.4. The summed E-state index contributed by atoms with van der Waals surface area (Å²) in [5.74, 6) is 0.587. The number of ether oxygens (including phenoxy) is 1. The average Bonchev–Trinajstić information content (AvgIpc) is 2.75. The lowest BCUT2D eigenvalue weighted by atomic mass is 10.0. The van der Waals surface area contributed by atoms with Crippen molar-refractivity contribution >= 4 is 38.2 Å². The number of rotatable bonds is 5. The van der Waals surface area contributed by atoms with Crippen LogP contribution in [0.3, 0.4) is 0 Å². The molecule has 7 nitrogen and oxygen atoms in total. The van der Waals surface area contributed by atoms with Crippen LogP contribution in [0.4, 0.5) is 5.69 Å². The summed E-state index contributed by atoms with van der Waals surface area (Å²) >= 11 is 6.14. The van der Waals surface area contributed by atoms with Crippen LogP contribution >= 0.6 is 11.6 Å². The first kappa shape index (κ1) is 19.1. The van der Waals surface area contributed by atoms with Gasteiger partial charge in [-0.05, 0) is 35.9 Å². The fraction of sp³-hybridized carbons (Fsp3) is 0.0500. The van der Waals surface area contributed by atoms with E-state index < -0.39 is 10.0 Å². The highest BCUT2D eigenvalue weighted by Gasteiger charge is 2.17. The summed E-state index contributed by atoms with van der Waals surface area (Å²) in [7, 11) is -2.23. The van der Waals surface area contributed by atoms with Crippen LogP contribution in [-0.4, -0.2) is 30.7 Å². The second kappa shape index (κ2) is 7.65. The van der Waals surface area contributed by atoms with Gasteiger partial charge < -0.3 is 4.74 Å². The lowest BCUT2D eigenvalue weighted by molar-refractivity contribution is 0.417. The predicted octanol–water partition coefficient (Wildman–Crippen LogP) is 4.15. The zero-order valence-electron chi connectivity index (χ0n) is 15.2. The summed E-state index contributed by atoms with van der Waals surface area (Å²) < 4.78 is 33.1. The molecule has 0 atom stereocenters. The Balaban J connectivity index is 1.75. The topological polar surface area (TPSA) is 94.1 Å². The van der Waals surface area contributed by atoms with Crippen molar-refractivity contribution < 1.29 is 13.2 Å². The number of halogens is 1. The molecule has 0 amide bonds. The Hall–Kier alpha value is -3.23. The van der Waals surface area contributed by atoms with Crippen LogP contribution < -0.4 is 9.46 Å². The van der Waals surface area contributed by atoms with Gasteiger partial charge in [0.25, 0.3) is 10.0 Å². The van der Waals surface area contributed by atoms with E-state index in [0.717, 1.165) is 10.9 Å². The van der Waals surface area contributed by atoms with Gasteiger partial charge in [-0.1, -0.05) is 35.9 Å². The largest absolute Gasteiger partial charge is 0.494 e. The van der Waals surface area contributed by atoms with Gasteiger partial charge in [0.15, 0.2) is 5.15 Å². The van der Waals surface area contributed by atoms with Crippen molar-refractivity contribution in [2.75, 3.05) is 11.8 Å². The number of nitrogens with one attached hydrogen (secondary N) is 1. The molecule has 4 rings (SSSR count). The molecule has 0 aliphatic rings. The Morgan fingerprint density at radius 2 is 1.79 bits per heavy atom. The molecular weight excluding hydrogens is 412 g/mol. The molecule has 9 heteroatoms. The maximum atomic E-state index is 12.6. The normalized spacial score (nSPS) is 11.4. The Kier molecular flexibility index (Phi) is 5.04. The molecule has 146 valence electrons. The quantitative estimate of drug-likeness (QED) is 0.481. The number of nitrogens with zero attached hydrogens (tertiary/aromatic N) is 3. The molecule has 0 bridgehead atoms. The number of fused-ring (bicyclic) bond motifs is 1. The summed E-state index contributed by atoms with van der Waals surface area (Å²) in [5.41, 5.74) is 2.35. The van der Waals surface area contributed by atoms with Crippen molar-refractivity contribution in [1.82, 2.24) is 15.2 Å². The number of benzene rings is 2. The third-order valence-corrected chi connectivity index (χ3v) is 5.98. The summed E-state index contributed by atoms with van der Waals surface area (Å²) in [6.07, 6.45) is 3.11. The van der Waals surface area contributed by atoms with Gasteiger partial charge >= 0.3 is 0 Å². The molecule has 0 fully saturated rings. The number of methoxy groups -OCH3 is 1. The molecule has 4 aromatic rings. The molecule has 0 aliphatic carbocycles. The molecule has 0 aliphatic heterocycles. The second-order valence-corrected chi connectivity index (χ2v) is 8.17. The highest BCUT2D eigenvalue weighted by molar-refractivity contribution is 7.92. The van der Waals surface area contributed by atoms with Gasteiger partial charge in [0.05, 0.1) is 29.4 Å². The number of hydrogen-bond acceptors (Lipinski definition) is 6. The van der Waals surface area contributed by atoms with E-state index in [-0.39, 0.29) is 15.7 Å². The first-order chi connectivity index (χ1) is 14.0. The van der Waals surface area contributed by atoms with Crippen LogP contribution in [0.5, 0.6) is 5.75 Å². The minimum absolute atomic E-state index is 0.0532. The second-order valence-electron chi connectivity index (χ2n) is 6.13. The molecule has 0 spiro atoms. The highest BCUT2D eigenvalue weighted by Crippen LogP contribution is 2.32. The summed E-state index contributed by atoms with van der Waals surface area (Å²) in [4.78, 5) is 4.27. The van der Waals surface area contributed by atoms with Gasteiger partial charge in [-0.2, -0.15) is 10.2 Å². The maximum absolute atomic E-state index is 12.6. The van der Waals surface area contributed by atoms with Crippen LogP contribution in [0, 0.1) is 0 Å². The van der Waals surface area contributed by atoms with Crippen LogP contribution in [0.25, 0.3) is 22.0 Å². The molecule has 0 saturated heterocycles. The zero-order chi connectivity index (χ0) is 20.4. The molecule has 29 heavy (non-hydrogen) atoms. The van der Waals surface area contributed by atoms with Gasteiger partial charge in [0.2, 0.25) is 0 Å². The fourth-order valence-electron chi connectivity index (χ4n) is 2.86. The molecule has 0 unspecified atom stereocenters. The zero-order valence-corrected chi connectivity index (χ0v) is 16.8. The van der Waals surface area contributed by atoms with E-state index in [9.17, 15) is 8.42 Å². The van der Waals surface area contributed by atoms with Gasteiger partial charge in [-0.25, -0.2) is 13.4 Å². The average molecular weight is 427 g/mol. The van der Waals surface area contributed by atoms with Crippen LogP contribution in [0.2, 0.25) is 5.15 Å². The van der Waals surface area contributed by atoms with Crippen molar-refractivity contribution in [3.05, 3.63) is 72.1 Å². The van der Waals surface area contributed by atoms with Gasteiger partial charge in [-0.3, -0.25) is 4.72 Å². The molecule has 2 heterocycles. The molecule has 0 saturated carbocycles. The SMILES string of the molecule is COc1cnnc2ccc(-c3cnc(Cl)c(NS(=O)(=O)c4ccccc4)c3)cc12.